The van der Waals surface area contributed by atoms with Crippen molar-refractivity contribution in [3.05, 3.63) is 28.7 Å². The molecule has 1 atom stereocenters. The molecule has 1 aromatic carbocycles. The van der Waals surface area contributed by atoms with E-state index in [2.05, 4.69) is 0 Å². The molecule has 0 N–H and O–H groups in total. The van der Waals surface area contributed by atoms with Crippen LogP contribution in [-0.2, 0) is 9.59 Å². The van der Waals surface area contributed by atoms with E-state index in [9.17, 15) is 14.4 Å². The Morgan fingerprint density at radius 2 is 2.07 bits per heavy atom. The number of methoxy groups -OCH3 is 1. The first-order valence-corrected chi connectivity index (χ1v) is 10.6. The SMILES string of the molecule is CCOc1ccc(/C=C2\SC(=O)N(CC(=O)N3CCCC[C@H]3C)C2=O)cc1OC. The van der Waals surface area contributed by atoms with Crippen molar-refractivity contribution >= 4 is 34.9 Å². The Bertz CT molecular complexity index is 838. The predicted octanol–water partition coefficient (Wildman–Crippen LogP) is 3.53. The van der Waals surface area contributed by atoms with Gasteiger partial charge in [0.15, 0.2) is 11.5 Å². The van der Waals surface area contributed by atoms with Crippen molar-refractivity contribution < 1.29 is 23.9 Å². The van der Waals surface area contributed by atoms with E-state index < -0.39 is 11.1 Å². The van der Waals surface area contributed by atoms with Gasteiger partial charge in [-0.2, -0.15) is 0 Å². The van der Waals surface area contributed by atoms with Crippen LogP contribution in [-0.4, -0.2) is 59.7 Å². The number of imide groups is 1. The van der Waals surface area contributed by atoms with E-state index in [1.807, 2.05) is 13.8 Å². The van der Waals surface area contributed by atoms with Crippen molar-refractivity contribution in [1.82, 2.24) is 9.80 Å². The second kappa shape index (κ2) is 9.35. The lowest BCUT2D eigenvalue weighted by molar-refractivity contribution is -0.138. The van der Waals surface area contributed by atoms with Gasteiger partial charge in [-0.25, -0.2) is 0 Å². The van der Waals surface area contributed by atoms with Crippen LogP contribution in [0.1, 0.15) is 38.7 Å². The van der Waals surface area contributed by atoms with Crippen molar-refractivity contribution in [3.63, 3.8) is 0 Å². The quantitative estimate of drug-likeness (QED) is 0.658. The molecule has 29 heavy (non-hydrogen) atoms. The van der Waals surface area contributed by atoms with Gasteiger partial charge in [0.1, 0.15) is 6.54 Å². The Morgan fingerprint density at radius 1 is 1.28 bits per heavy atom. The molecular weight excluding hydrogens is 392 g/mol. The summed E-state index contributed by atoms with van der Waals surface area (Å²) in [5, 5.41) is -0.419. The summed E-state index contributed by atoms with van der Waals surface area (Å²) < 4.78 is 10.8. The number of carbonyl (C=O) groups excluding carboxylic acids is 3. The summed E-state index contributed by atoms with van der Waals surface area (Å²) in [6.45, 7) is 4.87. The predicted molar refractivity (Wildman–Crippen MR) is 112 cm³/mol. The standard InChI is InChI=1S/C21H26N2O5S/c1-4-28-16-9-8-15(11-17(16)27-3)12-18-20(25)23(21(26)29-18)13-19(24)22-10-6-5-7-14(22)2/h8-9,11-12,14H,4-7,10,13H2,1-3H3/b18-12-/t14-/m1/s1. The van der Waals surface area contributed by atoms with Gasteiger partial charge in [0, 0.05) is 12.6 Å². The van der Waals surface area contributed by atoms with E-state index in [0.29, 0.717) is 35.1 Å². The maximum Gasteiger partial charge on any atom is 0.294 e. The first kappa shape index (κ1) is 21.2. The largest absolute Gasteiger partial charge is 0.493 e. The number of rotatable bonds is 6. The van der Waals surface area contributed by atoms with Crippen LogP contribution >= 0.6 is 11.8 Å². The molecule has 0 saturated carbocycles. The topological polar surface area (TPSA) is 76.2 Å². The molecule has 2 aliphatic rings. The van der Waals surface area contributed by atoms with Crippen molar-refractivity contribution in [2.45, 2.75) is 39.2 Å². The smallest absolute Gasteiger partial charge is 0.294 e. The van der Waals surface area contributed by atoms with Crippen molar-refractivity contribution in [2.24, 2.45) is 0 Å². The molecule has 0 bridgehead atoms. The van der Waals surface area contributed by atoms with Gasteiger partial charge < -0.3 is 14.4 Å². The van der Waals surface area contributed by atoms with Crippen LogP contribution in [0.2, 0.25) is 0 Å². The fraction of sp³-hybridized carbons (Fsp3) is 0.476. The third-order valence-electron chi connectivity index (χ3n) is 5.08. The summed E-state index contributed by atoms with van der Waals surface area (Å²) in [6, 6.07) is 5.45. The average Bonchev–Trinajstić information content (AvgIpc) is 2.97. The number of likely N-dealkylation sites (tertiary alicyclic amines) is 1. The monoisotopic (exact) mass is 418 g/mol. The zero-order valence-electron chi connectivity index (χ0n) is 17.0. The first-order chi connectivity index (χ1) is 13.9. The number of benzene rings is 1. The van der Waals surface area contributed by atoms with Gasteiger partial charge in [0.2, 0.25) is 5.91 Å². The summed E-state index contributed by atoms with van der Waals surface area (Å²) >= 11 is 0.850. The van der Waals surface area contributed by atoms with Crippen molar-refractivity contribution in [1.29, 1.82) is 0 Å². The van der Waals surface area contributed by atoms with Gasteiger partial charge in [-0.15, -0.1) is 0 Å². The zero-order chi connectivity index (χ0) is 21.0. The van der Waals surface area contributed by atoms with Crippen LogP contribution < -0.4 is 9.47 Å². The number of carbonyl (C=O) groups is 3. The number of ether oxygens (including phenoxy) is 2. The maximum absolute atomic E-state index is 12.7. The van der Waals surface area contributed by atoms with Crippen LogP contribution in [0.5, 0.6) is 11.5 Å². The molecule has 1 aromatic rings. The minimum Gasteiger partial charge on any atom is -0.493 e. The van der Waals surface area contributed by atoms with E-state index in [1.54, 1.807) is 36.3 Å². The molecule has 7 nitrogen and oxygen atoms in total. The van der Waals surface area contributed by atoms with E-state index in [1.165, 1.54) is 0 Å². The lowest BCUT2D eigenvalue weighted by Crippen LogP contribution is -2.47. The number of nitrogens with zero attached hydrogens (tertiary/aromatic N) is 2. The lowest BCUT2D eigenvalue weighted by atomic mass is 10.0. The normalized spacial score (nSPS) is 21.1. The van der Waals surface area contributed by atoms with Gasteiger partial charge in [0.05, 0.1) is 18.6 Å². The summed E-state index contributed by atoms with van der Waals surface area (Å²) in [4.78, 5) is 40.8. The number of hydrogen-bond acceptors (Lipinski definition) is 6. The minimum absolute atomic E-state index is 0.142. The molecule has 0 radical (unpaired) electrons. The van der Waals surface area contributed by atoms with E-state index in [-0.39, 0.29) is 18.5 Å². The first-order valence-electron chi connectivity index (χ1n) is 9.80. The van der Waals surface area contributed by atoms with Crippen molar-refractivity contribution in [3.8, 4) is 11.5 Å². The Kier molecular flexibility index (Phi) is 6.84. The van der Waals surface area contributed by atoms with E-state index >= 15 is 0 Å². The highest BCUT2D eigenvalue weighted by atomic mass is 32.2. The molecule has 2 heterocycles. The minimum atomic E-state index is -0.439. The summed E-state index contributed by atoms with van der Waals surface area (Å²) in [5.41, 5.74) is 0.715. The van der Waals surface area contributed by atoms with Crippen molar-refractivity contribution in [2.75, 3.05) is 26.8 Å². The maximum atomic E-state index is 12.7. The van der Waals surface area contributed by atoms with Gasteiger partial charge in [-0.1, -0.05) is 6.07 Å². The van der Waals surface area contributed by atoms with Gasteiger partial charge in [-0.3, -0.25) is 19.3 Å². The second-order valence-electron chi connectivity index (χ2n) is 7.04. The Morgan fingerprint density at radius 3 is 2.76 bits per heavy atom. The van der Waals surface area contributed by atoms with Crippen LogP contribution in [0.25, 0.3) is 6.08 Å². The number of amides is 3. The van der Waals surface area contributed by atoms with Gasteiger partial charge in [-0.05, 0) is 68.6 Å². The van der Waals surface area contributed by atoms with E-state index in [0.717, 1.165) is 35.9 Å². The van der Waals surface area contributed by atoms with Gasteiger partial charge in [0.25, 0.3) is 11.1 Å². The molecular formula is C21H26N2O5S. The average molecular weight is 419 g/mol. The molecule has 0 spiro atoms. The number of thioether (sulfide) groups is 1. The Balaban J connectivity index is 1.73. The highest BCUT2D eigenvalue weighted by Gasteiger charge is 2.37. The Labute approximate surface area is 175 Å². The van der Waals surface area contributed by atoms with Gasteiger partial charge >= 0.3 is 0 Å². The number of piperidine rings is 1. The third-order valence-corrected chi connectivity index (χ3v) is 5.98. The summed E-state index contributed by atoms with van der Waals surface area (Å²) in [7, 11) is 1.54. The van der Waals surface area contributed by atoms with E-state index in [4.69, 9.17) is 9.47 Å². The summed E-state index contributed by atoms with van der Waals surface area (Å²) in [5.74, 6) is 0.546. The Hall–Kier alpha value is -2.48. The molecule has 2 saturated heterocycles. The van der Waals surface area contributed by atoms with Crippen LogP contribution in [0, 0.1) is 0 Å². The highest BCUT2D eigenvalue weighted by Crippen LogP contribution is 2.34. The molecule has 3 rings (SSSR count). The molecule has 2 aliphatic heterocycles. The van der Waals surface area contributed by atoms with Crippen LogP contribution in [0.4, 0.5) is 4.79 Å². The second-order valence-corrected chi connectivity index (χ2v) is 8.04. The molecule has 2 fully saturated rings. The highest BCUT2D eigenvalue weighted by molar-refractivity contribution is 8.18. The molecule has 156 valence electrons. The fourth-order valence-corrected chi connectivity index (χ4v) is 4.37. The molecule has 3 amide bonds. The molecule has 0 aromatic heterocycles. The molecule has 8 heteroatoms. The third kappa shape index (κ3) is 4.75. The number of hydrogen-bond donors (Lipinski definition) is 0. The fourth-order valence-electron chi connectivity index (χ4n) is 3.53. The van der Waals surface area contributed by atoms with Crippen LogP contribution in [0.15, 0.2) is 23.1 Å². The molecule has 0 aliphatic carbocycles. The lowest BCUT2D eigenvalue weighted by Gasteiger charge is -2.34. The summed E-state index contributed by atoms with van der Waals surface area (Å²) in [6.07, 6.45) is 4.64. The zero-order valence-corrected chi connectivity index (χ0v) is 17.8. The van der Waals surface area contributed by atoms with Crippen LogP contribution in [0.3, 0.4) is 0 Å². The molecule has 0 unspecified atom stereocenters.